The number of methoxy groups -OCH3 is 1. The molecule has 0 amide bonds. The maximum atomic E-state index is 12.8. The first-order chi connectivity index (χ1) is 12.8. The number of rotatable bonds is 5. The number of aromatic amines is 1. The van der Waals surface area contributed by atoms with Gasteiger partial charge in [0.1, 0.15) is 22.9 Å². The van der Waals surface area contributed by atoms with Gasteiger partial charge in [-0.25, -0.2) is 9.67 Å². The highest BCUT2D eigenvalue weighted by molar-refractivity contribution is 5.77. The second kappa shape index (κ2) is 7.12. The summed E-state index contributed by atoms with van der Waals surface area (Å²) in [5.41, 5.74) is -0.363. The Hall–Kier alpha value is -2.72. The van der Waals surface area contributed by atoms with Gasteiger partial charge >= 0.3 is 6.18 Å². The highest BCUT2D eigenvalue weighted by Crippen LogP contribution is 2.31. The molecule has 3 aromatic rings. The first kappa shape index (κ1) is 19.1. The third-order valence-electron chi connectivity index (χ3n) is 4.15. The van der Waals surface area contributed by atoms with Gasteiger partial charge in [0.15, 0.2) is 5.65 Å². The fourth-order valence-corrected chi connectivity index (χ4v) is 2.91. The Bertz CT molecular complexity index is 1010. The van der Waals surface area contributed by atoms with Gasteiger partial charge in [-0.3, -0.25) is 4.79 Å². The van der Waals surface area contributed by atoms with Crippen LogP contribution >= 0.6 is 0 Å². The molecule has 0 fully saturated rings. The number of benzene rings is 1. The minimum absolute atomic E-state index is 0.0839. The predicted octanol–water partition coefficient (Wildman–Crippen LogP) is 2.17. The molecule has 0 saturated carbocycles. The van der Waals surface area contributed by atoms with Crippen LogP contribution < -0.4 is 5.56 Å². The lowest BCUT2D eigenvalue weighted by Crippen LogP contribution is -2.19. The molecule has 3 rings (SSSR count). The zero-order chi connectivity index (χ0) is 19.8. The zero-order valence-electron chi connectivity index (χ0n) is 14.5. The van der Waals surface area contributed by atoms with Gasteiger partial charge < -0.3 is 14.8 Å². The maximum absolute atomic E-state index is 12.8. The number of nitrogens with one attached hydrogen (secondary N) is 1. The van der Waals surface area contributed by atoms with E-state index in [1.54, 1.807) is 6.92 Å². The summed E-state index contributed by atoms with van der Waals surface area (Å²) in [5.74, 6) is 0.349. The van der Waals surface area contributed by atoms with Crippen molar-refractivity contribution in [1.29, 1.82) is 0 Å². The van der Waals surface area contributed by atoms with E-state index in [1.165, 1.54) is 23.9 Å². The Labute approximate surface area is 151 Å². The molecule has 0 bridgehead atoms. The van der Waals surface area contributed by atoms with Crippen molar-refractivity contribution < 1.29 is 23.0 Å². The van der Waals surface area contributed by atoms with Crippen molar-refractivity contribution in [2.24, 2.45) is 0 Å². The Morgan fingerprint density at radius 1 is 1.30 bits per heavy atom. The molecule has 1 atom stereocenters. The smallest absolute Gasteiger partial charge is 0.390 e. The molecule has 0 saturated heterocycles. The normalized spacial score (nSPS) is 13.3. The van der Waals surface area contributed by atoms with Crippen LogP contribution in [0.5, 0.6) is 0 Å². The van der Waals surface area contributed by atoms with Crippen molar-refractivity contribution in [2.75, 3.05) is 13.7 Å². The average molecular weight is 382 g/mol. The fraction of sp³-hybridized carbons (Fsp3) is 0.353. The summed E-state index contributed by atoms with van der Waals surface area (Å²) in [4.78, 5) is 19.1. The lowest BCUT2D eigenvalue weighted by atomic mass is 10.1. The van der Waals surface area contributed by atoms with Gasteiger partial charge in [-0.05, 0) is 24.6 Å². The Morgan fingerprint density at radius 3 is 2.52 bits per heavy atom. The number of alkyl halides is 3. The molecule has 2 aromatic heterocycles. The van der Waals surface area contributed by atoms with Crippen LogP contribution in [0.25, 0.3) is 11.0 Å². The summed E-state index contributed by atoms with van der Waals surface area (Å²) in [7, 11) is 1.45. The minimum Gasteiger partial charge on any atom is -0.390 e. The first-order valence-electron chi connectivity index (χ1n) is 8.01. The monoisotopic (exact) mass is 382 g/mol. The van der Waals surface area contributed by atoms with Crippen LogP contribution in [0.15, 0.2) is 29.1 Å². The Kier molecular flexibility index (Phi) is 5.03. The molecule has 0 aliphatic heterocycles. The van der Waals surface area contributed by atoms with Gasteiger partial charge in [0.25, 0.3) is 5.56 Å². The number of aliphatic hydroxyl groups is 1. The number of H-pyrrole nitrogens is 1. The maximum Gasteiger partial charge on any atom is 0.416 e. The van der Waals surface area contributed by atoms with Crippen LogP contribution in [0.4, 0.5) is 13.2 Å². The Morgan fingerprint density at radius 2 is 1.96 bits per heavy atom. The molecule has 2 heterocycles. The number of ether oxygens (including phenoxy) is 1. The van der Waals surface area contributed by atoms with E-state index in [9.17, 15) is 23.1 Å². The quantitative estimate of drug-likeness (QED) is 0.706. The van der Waals surface area contributed by atoms with E-state index in [0.717, 1.165) is 12.1 Å². The molecule has 0 aliphatic carbocycles. The van der Waals surface area contributed by atoms with Crippen LogP contribution in [0, 0.1) is 6.92 Å². The van der Waals surface area contributed by atoms with Crippen LogP contribution in [0.2, 0.25) is 0 Å². The lowest BCUT2D eigenvalue weighted by Gasteiger charge is -2.18. The molecule has 7 nitrogen and oxygen atoms in total. The molecular weight excluding hydrogens is 365 g/mol. The standard InChI is InChI=1S/C17H17F3N4O3/c1-9-21-15-14(16(26)22-9)12(7-25)23-24(15)13(8-27-2)10-3-5-11(6-4-10)17(18,19)20/h3-6,13,25H,7-8H2,1-2H3,(H,21,22,26)/t13-/m0/s1. The van der Waals surface area contributed by atoms with Gasteiger partial charge in [0.2, 0.25) is 0 Å². The topological polar surface area (TPSA) is 93.0 Å². The Balaban J connectivity index is 2.17. The molecule has 0 aliphatic rings. The van der Waals surface area contributed by atoms with Gasteiger partial charge in [0.05, 0.1) is 18.8 Å². The van der Waals surface area contributed by atoms with Crippen LogP contribution in [0.3, 0.4) is 0 Å². The number of aliphatic hydroxyl groups excluding tert-OH is 1. The molecule has 0 radical (unpaired) electrons. The average Bonchev–Trinajstić information content (AvgIpc) is 2.97. The van der Waals surface area contributed by atoms with Crippen LogP contribution in [-0.4, -0.2) is 38.6 Å². The number of aryl methyl sites for hydroxylation is 1. The fourth-order valence-electron chi connectivity index (χ4n) is 2.91. The number of hydrogen-bond acceptors (Lipinski definition) is 5. The highest BCUT2D eigenvalue weighted by atomic mass is 19.4. The summed E-state index contributed by atoms with van der Waals surface area (Å²) >= 11 is 0. The summed E-state index contributed by atoms with van der Waals surface area (Å²) in [6, 6.07) is 3.98. The van der Waals surface area contributed by atoms with Crippen molar-refractivity contribution in [3.8, 4) is 0 Å². The zero-order valence-corrected chi connectivity index (χ0v) is 14.5. The molecule has 0 unspecified atom stereocenters. The largest absolute Gasteiger partial charge is 0.416 e. The molecule has 144 valence electrons. The predicted molar refractivity (Wildman–Crippen MR) is 90.3 cm³/mol. The van der Waals surface area contributed by atoms with E-state index < -0.39 is 29.9 Å². The number of aromatic nitrogens is 4. The summed E-state index contributed by atoms with van der Waals surface area (Å²) in [5, 5.41) is 13.9. The van der Waals surface area contributed by atoms with E-state index in [2.05, 4.69) is 15.1 Å². The first-order valence-corrected chi connectivity index (χ1v) is 8.01. The second-order valence-electron chi connectivity index (χ2n) is 5.99. The van der Waals surface area contributed by atoms with Gasteiger partial charge in [0, 0.05) is 7.11 Å². The number of nitrogens with zero attached hydrogens (tertiary/aromatic N) is 3. The third kappa shape index (κ3) is 3.58. The number of hydrogen-bond donors (Lipinski definition) is 2. The van der Waals surface area contributed by atoms with E-state index in [-0.39, 0.29) is 23.3 Å². The summed E-state index contributed by atoms with van der Waals surface area (Å²) in [6.07, 6.45) is -4.44. The molecule has 10 heteroatoms. The molecule has 27 heavy (non-hydrogen) atoms. The molecule has 1 aromatic carbocycles. The van der Waals surface area contributed by atoms with E-state index in [4.69, 9.17) is 4.74 Å². The van der Waals surface area contributed by atoms with Gasteiger partial charge in [-0.2, -0.15) is 18.3 Å². The lowest BCUT2D eigenvalue weighted by molar-refractivity contribution is -0.137. The van der Waals surface area contributed by atoms with Crippen molar-refractivity contribution in [3.63, 3.8) is 0 Å². The van der Waals surface area contributed by atoms with E-state index >= 15 is 0 Å². The van der Waals surface area contributed by atoms with Crippen molar-refractivity contribution >= 4 is 11.0 Å². The van der Waals surface area contributed by atoms with Gasteiger partial charge in [-0.1, -0.05) is 12.1 Å². The summed E-state index contributed by atoms with van der Waals surface area (Å²) in [6.45, 7) is 1.20. The number of fused-ring (bicyclic) bond motifs is 1. The second-order valence-corrected chi connectivity index (χ2v) is 5.99. The molecular formula is C17H17F3N4O3. The van der Waals surface area contributed by atoms with Gasteiger partial charge in [-0.15, -0.1) is 0 Å². The molecule has 2 N–H and O–H groups in total. The third-order valence-corrected chi connectivity index (χ3v) is 4.15. The summed E-state index contributed by atoms with van der Waals surface area (Å²) < 4.78 is 45.1. The number of halogens is 3. The van der Waals surface area contributed by atoms with Crippen molar-refractivity contribution in [1.82, 2.24) is 19.7 Å². The van der Waals surface area contributed by atoms with E-state index in [0.29, 0.717) is 11.4 Å². The van der Waals surface area contributed by atoms with Crippen molar-refractivity contribution in [3.05, 3.63) is 57.3 Å². The van der Waals surface area contributed by atoms with Crippen LogP contribution in [-0.2, 0) is 17.5 Å². The molecule has 0 spiro atoms. The van der Waals surface area contributed by atoms with Crippen molar-refractivity contribution in [2.45, 2.75) is 25.7 Å². The minimum atomic E-state index is -4.44. The SMILES string of the molecule is COC[C@@H](c1ccc(C(F)(F)F)cc1)n1nc(CO)c2c(=O)[nH]c(C)nc21. The van der Waals surface area contributed by atoms with E-state index in [1.807, 2.05) is 0 Å². The van der Waals surface area contributed by atoms with Crippen LogP contribution in [0.1, 0.15) is 28.7 Å². The highest BCUT2D eigenvalue weighted by Gasteiger charge is 2.31.